The zero-order valence-electron chi connectivity index (χ0n) is 22.6. The molecule has 0 aliphatic carbocycles. The molecule has 11 heteroatoms. The van der Waals surface area contributed by atoms with Crippen LogP contribution in [-0.2, 0) is 4.74 Å². The minimum atomic E-state index is -1.41. The maximum Gasteiger partial charge on any atom is 0.301 e. The van der Waals surface area contributed by atoms with Gasteiger partial charge in [-0.15, -0.1) is 0 Å². The minimum Gasteiger partial charge on any atom is -0.394 e. The molecule has 2 aromatic heterocycles. The van der Waals surface area contributed by atoms with Crippen molar-refractivity contribution in [2.24, 2.45) is 0 Å². The predicted molar refractivity (Wildman–Crippen MR) is 146 cm³/mol. The topological polar surface area (TPSA) is 163 Å². The third-order valence-corrected chi connectivity index (χ3v) is 7.27. The van der Waals surface area contributed by atoms with E-state index in [-0.39, 0.29) is 17.0 Å². The van der Waals surface area contributed by atoms with Gasteiger partial charge in [-0.1, -0.05) is 90.4 Å². The molecule has 0 spiro atoms. The maximum absolute atomic E-state index is 12.9. The molecule has 4 unspecified atom stereocenters. The van der Waals surface area contributed by atoms with Crippen LogP contribution < -0.4 is 16.4 Å². The number of nitrogens with zero attached hydrogens (tertiary/aromatic N) is 3. The molecule has 0 saturated carbocycles. The van der Waals surface area contributed by atoms with E-state index in [1.165, 1.54) is 81.5 Å². The van der Waals surface area contributed by atoms with E-state index in [1.807, 2.05) is 0 Å². The van der Waals surface area contributed by atoms with Crippen molar-refractivity contribution in [2.45, 2.75) is 121 Å². The van der Waals surface area contributed by atoms with E-state index in [2.05, 4.69) is 27.2 Å². The average molecular weight is 536 g/mol. The molecule has 3 heterocycles. The average Bonchev–Trinajstić information content (AvgIpc) is 3.44. The third kappa shape index (κ3) is 8.33. The summed E-state index contributed by atoms with van der Waals surface area (Å²) in [6, 6.07) is 0. The van der Waals surface area contributed by atoms with Crippen LogP contribution in [0.25, 0.3) is 11.0 Å². The number of ether oxygens (including phenoxy) is 1. The first-order valence-corrected chi connectivity index (χ1v) is 14.4. The molecule has 4 atom stereocenters. The van der Waals surface area contributed by atoms with E-state index in [1.54, 1.807) is 0 Å². The van der Waals surface area contributed by atoms with E-state index in [0.29, 0.717) is 6.54 Å². The van der Waals surface area contributed by atoms with E-state index in [0.717, 1.165) is 19.3 Å². The van der Waals surface area contributed by atoms with Crippen molar-refractivity contribution in [2.75, 3.05) is 18.5 Å². The molecule has 0 bridgehead atoms. The molecule has 0 radical (unpaired) electrons. The standard InChI is InChI=1S/C27H45N5O6/c1-2-3-4-5-6-7-8-9-10-11-12-13-14-15-16-28-27-30-24(36)20-21(25(37)31-27)32(18-29-20)26-23(35)22(34)19(17-33)38-26/h18-19,22-23,26,33-35H,2-17H2,1H3,(H2,28,30,31,36,37). The first kappa shape index (κ1) is 30.2. The molecule has 0 amide bonds. The highest BCUT2D eigenvalue weighted by molar-refractivity contribution is 5.73. The van der Waals surface area contributed by atoms with Crippen molar-refractivity contribution in [1.29, 1.82) is 0 Å². The molecule has 1 aliphatic rings. The van der Waals surface area contributed by atoms with Crippen molar-refractivity contribution in [1.82, 2.24) is 19.5 Å². The third-order valence-electron chi connectivity index (χ3n) is 7.27. The van der Waals surface area contributed by atoms with Gasteiger partial charge in [-0.25, -0.2) is 4.98 Å². The number of aromatic nitrogens is 4. The highest BCUT2D eigenvalue weighted by Gasteiger charge is 2.44. The lowest BCUT2D eigenvalue weighted by atomic mass is 10.0. The normalized spacial score (nSPS) is 21.4. The monoisotopic (exact) mass is 535 g/mol. The number of anilines is 1. The highest BCUT2D eigenvalue weighted by atomic mass is 16.6. The first-order valence-electron chi connectivity index (χ1n) is 14.4. The van der Waals surface area contributed by atoms with Crippen LogP contribution >= 0.6 is 0 Å². The van der Waals surface area contributed by atoms with Gasteiger partial charge in [0.1, 0.15) is 23.8 Å². The molecule has 1 saturated heterocycles. The second-order valence-corrected chi connectivity index (χ2v) is 10.3. The number of hydrogen-bond acceptors (Lipinski definition) is 9. The number of rotatable bonds is 18. The Morgan fingerprint density at radius 2 is 1.50 bits per heavy atom. The fraction of sp³-hybridized carbons (Fsp3) is 0.778. The molecule has 1 fully saturated rings. The molecular weight excluding hydrogens is 490 g/mol. The number of nitrogens with one attached hydrogen (secondary N) is 2. The SMILES string of the molecule is CCCCCCCCCCCCCCCCNc1nc(=O)c2ncn(C3OC(CO)C(O)C3O)c2c(=O)[nH]1. The van der Waals surface area contributed by atoms with Crippen LogP contribution in [0.15, 0.2) is 15.9 Å². The number of fused-ring (bicyclic) bond motifs is 1. The zero-order chi connectivity index (χ0) is 27.3. The molecule has 38 heavy (non-hydrogen) atoms. The quantitative estimate of drug-likeness (QED) is 0.181. The molecule has 1 aliphatic heterocycles. The Labute approximate surface area is 223 Å². The highest BCUT2D eigenvalue weighted by Crippen LogP contribution is 2.30. The van der Waals surface area contributed by atoms with Crippen LogP contribution in [0.4, 0.5) is 5.95 Å². The number of H-pyrrole nitrogens is 1. The molecule has 3 rings (SSSR count). The zero-order valence-corrected chi connectivity index (χ0v) is 22.6. The number of hydrogen-bond donors (Lipinski definition) is 5. The van der Waals surface area contributed by atoms with E-state index >= 15 is 0 Å². The van der Waals surface area contributed by atoms with Crippen molar-refractivity contribution < 1.29 is 20.1 Å². The summed E-state index contributed by atoms with van der Waals surface area (Å²) in [5, 5.41) is 32.7. The van der Waals surface area contributed by atoms with Crippen LogP contribution in [0, 0.1) is 0 Å². The van der Waals surface area contributed by atoms with Crippen LogP contribution in [-0.4, -0.2) is 66.3 Å². The second kappa shape index (κ2) is 15.9. The van der Waals surface area contributed by atoms with Crippen LogP contribution in [0.3, 0.4) is 0 Å². The van der Waals surface area contributed by atoms with Crippen molar-refractivity contribution in [3.8, 4) is 0 Å². The van der Waals surface area contributed by atoms with Crippen LogP contribution in [0.2, 0.25) is 0 Å². The van der Waals surface area contributed by atoms with Gasteiger partial charge in [0.2, 0.25) is 5.95 Å². The number of imidazole rings is 1. The Morgan fingerprint density at radius 1 is 0.921 bits per heavy atom. The molecule has 11 nitrogen and oxygen atoms in total. The van der Waals surface area contributed by atoms with E-state index in [4.69, 9.17) is 4.74 Å². The Balaban J connectivity index is 1.40. The first-order chi connectivity index (χ1) is 18.5. The summed E-state index contributed by atoms with van der Waals surface area (Å²) in [6.07, 6.45) is 14.0. The van der Waals surface area contributed by atoms with E-state index < -0.39 is 42.3 Å². The number of aromatic amines is 1. The van der Waals surface area contributed by atoms with Crippen LogP contribution in [0.1, 0.15) is 103 Å². The van der Waals surface area contributed by atoms with Crippen LogP contribution in [0.5, 0.6) is 0 Å². The summed E-state index contributed by atoms with van der Waals surface area (Å²) in [5.74, 6) is 0.0559. The smallest absolute Gasteiger partial charge is 0.301 e. The number of aliphatic hydroxyl groups is 3. The van der Waals surface area contributed by atoms with Gasteiger partial charge in [0.15, 0.2) is 11.7 Å². The molecule has 214 valence electrons. The summed E-state index contributed by atoms with van der Waals surface area (Å²) in [4.78, 5) is 36.1. The Hall–Kier alpha value is -2.34. The van der Waals surface area contributed by atoms with Gasteiger partial charge < -0.3 is 25.4 Å². The Kier molecular flexibility index (Phi) is 12.7. The molecule has 5 N–H and O–H groups in total. The summed E-state index contributed by atoms with van der Waals surface area (Å²) in [5.41, 5.74) is -1.63. The van der Waals surface area contributed by atoms with Gasteiger partial charge in [-0.2, -0.15) is 4.98 Å². The fourth-order valence-corrected chi connectivity index (χ4v) is 5.00. The number of unbranched alkanes of at least 4 members (excludes halogenated alkanes) is 13. The summed E-state index contributed by atoms with van der Waals surface area (Å²) in [7, 11) is 0. The lowest BCUT2D eigenvalue weighted by Crippen LogP contribution is -2.33. The van der Waals surface area contributed by atoms with Gasteiger partial charge in [0.25, 0.3) is 5.56 Å². The van der Waals surface area contributed by atoms with Gasteiger partial charge in [0.05, 0.1) is 12.9 Å². The predicted octanol–water partition coefficient (Wildman–Crippen LogP) is 2.98. The van der Waals surface area contributed by atoms with Crippen molar-refractivity contribution in [3.05, 3.63) is 27.0 Å². The lowest BCUT2D eigenvalue weighted by Gasteiger charge is -2.16. The summed E-state index contributed by atoms with van der Waals surface area (Å²) < 4.78 is 6.68. The fourth-order valence-electron chi connectivity index (χ4n) is 5.00. The lowest BCUT2D eigenvalue weighted by molar-refractivity contribution is -0.0509. The van der Waals surface area contributed by atoms with Gasteiger partial charge in [-0.3, -0.25) is 19.1 Å². The maximum atomic E-state index is 12.9. The summed E-state index contributed by atoms with van der Waals surface area (Å²) in [6.45, 7) is 2.31. The second-order valence-electron chi connectivity index (χ2n) is 10.3. The molecule has 0 aromatic carbocycles. The molecular formula is C27H45N5O6. The Morgan fingerprint density at radius 3 is 2.05 bits per heavy atom. The summed E-state index contributed by atoms with van der Waals surface area (Å²) >= 11 is 0. The van der Waals surface area contributed by atoms with Crippen molar-refractivity contribution >= 4 is 17.0 Å². The van der Waals surface area contributed by atoms with Gasteiger partial charge in [0, 0.05) is 6.54 Å². The number of aliphatic hydroxyl groups excluding tert-OH is 3. The van der Waals surface area contributed by atoms with Gasteiger partial charge >= 0.3 is 5.56 Å². The van der Waals surface area contributed by atoms with Crippen molar-refractivity contribution in [3.63, 3.8) is 0 Å². The largest absolute Gasteiger partial charge is 0.394 e. The van der Waals surface area contributed by atoms with E-state index in [9.17, 15) is 24.9 Å². The minimum absolute atomic E-state index is 0.0559. The van der Waals surface area contributed by atoms with Gasteiger partial charge in [-0.05, 0) is 6.42 Å². The molecule has 2 aromatic rings. The Bertz CT molecular complexity index is 1090.